The number of hydrogen-bond donors (Lipinski definition) is 1. The van der Waals surface area contributed by atoms with Gasteiger partial charge in [-0.3, -0.25) is 4.79 Å². The van der Waals surface area contributed by atoms with Crippen molar-refractivity contribution in [3.05, 3.63) is 72.2 Å². The highest BCUT2D eigenvalue weighted by atomic mass is 16.6. The van der Waals surface area contributed by atoms with Gasteiger partial charge in [0.05, 0.1) is 18.8 Å². The zero-order chi connectivity index (χ0) is 23.1. The molecule has 6 heteroatoms. The Morgan fingerprint density at radius 2 is 1.78 bits per heavy atom. The fourth-order valence-electron chi connectivity index (χ4n) is 3.55. The van der Waals surface area contributed by atoms with Gasteiger partial charge in [-0.25, -0.2) is 4.98 Å². The maximum atomic E-state index is 12.1. The molecular weight excluding hydrogens is 402 g/mol. The molecule has 0 radical (unpaired) electrons. The summed E-state index contributed by atoms with van der Waals surface area (Å²) < 4.78 is 12.8. The summed E-state index contributed by atoms with van der Waals surface area (Å²) in [6, 6.07) is 17.7. The number of esters is 1. The van der Waals surface area contributed by atoms with Gasteiger partial charge in [-0.2, -0.15) is 0 Å². The third-order valence-electron chi connectivity index (χ3n) is 5.02. The van der Waals surface area contributed by atoms with E-state index in [1.165, 1.54) is 0 Å². The van der Waals surface area contributed by atoms with Crippen LogP contribution in [0.15, 0.2) is 60.8 Å². The fourth-order valence-corrected chi connectivity index (χ4v) is 3.55. The molecule has 170 valence electrons. The summed E-state index contributed by atoms with van der Waals surface area (Å²) in [5, 5.41) is 0. The first-order valence-electron chi connectivity index (χ1n) is 11.0. The number of hydrogen-bond acceptors (Lipinski definition) is 5. The molecule has 32 heavy (non-hydrogen) atoms. The lowest BCUT2D eigenvalue weighted by Gasteiger charge is -2.19. The Balaban J connectivity index is 1.78. The van der Waals surface area contributed by atoms with Gasteiger partial charge in [0.1, 0.15) is 17.2 Å². The molecule has 0 amide bonds. The summed E-state index contributed by atoms with van der Waals surface area (Å²) in [5.41, 5.74) is 9.11. The van der Waals surface area contributed by atoms with Gasteiger partial charge in [-0.15, -0.1) is 0 Å². The number of imidazole rings is 1. The van der Waals surface area contributed by atoms with Gasteiger partial charge in [-0.05, 0) is 63.4 Å². The van der Waals surface area contributed by atoms with Crippen molar-refractivity contribution in [2.45, 2.75) is 58.2 Å². The van der Waals surface area contributed by atoms with E-state index in [0.717, 1.165) is 28.4 Å². The number of carbonyl (C=O) groups excluding carboxylic acids is 1. The number of methoxy groups -OCH3 is 1. The second-order valence-corrected chi connectivity index (χ2v) is 8.89. The first-order valence-corrected chi connectivity index (χ1v) is 11.0. The zero-order valence-corrected chi connectivity index (χ0v) is 19.4. The van der Waals surface area contributed by atoms with Crippen molar-refractivity contribution in [2.24, 2.45) is 5.73 Å². The number of aryl methyl sites for hydroxylation is 1. The van der Waals surface area contributed by atoms with E-state index in [4.69, 9.17) is 20.2 Å². The van der Waals surface area contributed by atoms with E-state index in [-0.39, 0.29) is 12.0 Å². The van der Waals surface area contributed by atoms with Gasteiger partial charge >= 0.3 is 5.97 Å². The van der Waals surface area contributed by atoms with Crippen LogP contribution in [0, 0.1) is 0 Å². The van der Waals surface area contributed by atoms with Gasteiger partial charge in [0, 0.05) is 24.7 Å². The van der Waals surface area contributed by atoms with Crippen LogP contribution in [0.1, 0.15) is 51.0 Å². The normalized spacial score (nSPS) is 12.4. The minimum absolute atomic E-state index is 0.192. The first kappa shape index (κ1) is 23.5. The van der Waals surface area contributed by atoms with E-state index in [9.17, 15) is 4.79 Å². The number of rotatable bonds is 9. The Morgan fingerprint density at radius 3 is 2.41 bits per heavy atom. The highest BCUT2D eigenvalue weighted by molar-refractivity contribution is 5.69. The third kappa shape index (κ3) is 6.69. The van der Waals surface area contributed by atoms with Gasteiger partial charge in [0.25, 0.3) is 0 Å². The molecule has 3 aromatic rings. The van der Waals surface area contributed by atoms with Crippen LogP contribution < -0.4 is 10.5 Å². The quantitative estimate of drug-likeness (QED) is 0.483. The van der Waals surface area contributed by atoms with Crippen LogP contribution in [-0.2, 0) is 22.5 Å². The van der Waals surface area contributed by atoms with Crippen LogP contribution in [0.4, 0.5) is 0 Å². The van der Waals surface area contributed by atoms with Crippen LogP contribution in [0.25, 0.3) is 11.3 Å². The van der Waals surface area contributed by atoms with Crippen LogP contribution in [-0.4, -0.2) is 28.2 Å². The summed E-state index contributed by atoms with van der Waals surface area (Å²) in [4.78, 5) is 17.0. The molecule has 2 aromatic carbocycles. The maximum absolute atomic E-state index is 12.1. The van der Waals surface area contributed by atoms with E-state index in [1.54, 1.807) is 7.11 Å². The van der Waals surface area contributed by atoms with Gasteiger partial charge in [0.2, 0.25) is 0 Å². The lowest BCUT2D eigenvalue weighted by molar-refractivity contribution is -0.154. The van der Waals surface area contributed by atoms with Crippen molar-refractivity contribution in [3.63, 3.8) is 0 Å². The molecule has 0 saturated carbocycles. The Bertz CT molecular complexity index is 1010. The summed E-state index contributed by atoms with van der Waals surface area (Å²) in [6.07, 6.45) is 3.70. The van der Waals surface area contributed by atoms with Crippen molar-refractivity contribution in [2.75, 3.05) is 7.11 Å². The minimum Gasteiger partial charge on any atom is -0.497 e. The topological polar surface area (TPSA) is 79.4 Å². The Hall–Kier alpha value is -3.12. The van der Waals surface area contributed by atoms with Crippen molar-refractivity contribution in [3.8, 4) is 17.0 Å². The molecule has 0 aliphatic heterocycles. The van der Waals surface area contributed by atoms with E-state index >= 15 is 0 Å². The SMILES string of the molecule is COc1ccc(-c2cn(CCCC(=O)OC(C)(C)C)c([C@@H](N)Cc3ccccc3)n2)cc1. The van der Waals surface area contributed by atoms with Gasteiger partial charge in [0.15, 0.2) is 0 Å². The van der Waals surface area contributed by atoms with E-state index in [2.05, 4.69) is 16.7 Å². The number of nitrogens with two attached hydrogens (primary N) is 1. The molecule has 0 spiro atoms. The number of benzene rings is 2. The molecular formula is C26H33N3O3. The predicted molar refractivity (Wildman–Crippen MR) is 126 cm³/mol. The van der Waals surface area contributed by atoms with Gasteiger partial charge in [-0.1, -0.05) is 30.3 Å². The highest BCUT2D eigenvalue weighted by Crippen LogP contribution is 2.25. The molecule has 0 fully saturated rings. The average Bonchev–Trinajstić information content (AvgIpc) is 3.17. The number of nitrogens with zero attached hydrogens (tertiary/aromatic N) is 2. The Kier molecular flexibility index (Phi) is 7.70. The summed E-state index contributed by atoms with van der Waals surface area (Å²) in [7, 11) is 1.65. The second-order valence-electron chi connectivity index (χ2n) is 8.89. The average molecular weight is 436 g/mol. The molecule has 3 rings (SSSR count). The minimum atomic E-state index is -0.475. The van der Waals surface area contributed by atoms with Crippen LogP contribution >= 0.6 is 0 Å². The van der Waals surface area contributed by atoms with Crippen LogP contribution in [0.2, 0.25) is 0 Å². The van der Waals surface area contributed by atoms with E-state index in [1.807, 2.05) is 69.4 Å². The Morgan fingerprint density at radius 1 is 1.09 bits per heavy atom. The van der Waals surface area contributed by atoms with Crippen molar-refractivity contribution < 1.29 is 14.3 Å². The van der Waals surface area contributed by atoms with Gasteiger partial charge < -0.3 is 19.8 Å². The number of carbonyl (C=O) groups is 1. The summed E-state index contributed by atoms with van der Waals surface area (Å²) in [5.74, 6) is 1.42. The Labute approximate surface area is 190 Å². The molecule has 0 aliphatic rings. The molecule has 0 bridgehead atoms. The molecule has 6 nitrogen and oxygen atoms in total. The number of aromatic nitrogens is 2. The summed E-state index contributed by atoms with van der Waals surface area (Å²) >= 11 is 0. The molecule has 0 aliphatic carbocycles. The molecule has 0 saturated heterocycles. The van der Waals surface area contributed by atoms with Crippen molar-refractivity contribution >= 4 is 5.97 Å². The molecule has 1 heterocycles. The lowest BCUT2D eigenvalue weighted by atomic mass is 10.1. The largest absolute Gasteiger partial charge is 0.497 e. The second kappa shape index (κ2) is 10.5. The molecule has 2 N–H and O–H groups in total. The van der Waals surface area contributed by atoms with Crippen molar-refractivity contribution in [1.82, 2.24) is 9.55 Å². The third-order valence-corrected chi connectivity index (χ3v) is 5.02. The van der Waals surface area contributed by atoms with Crippen LogP contribution in [0.3, 0.4) is 0 Å². The van der Waals surface area contributed by atoms with Crippen molar-refractivity contribution in [1.29, 1.82) is 0 Å². The smallest absolute Gasteiger partial charge is 0.306 e. The zero-order valence-electron chi connectivity index (χ0n) is 19.4. The molecule has 1 atom stereocenters. The monoisotopic (exact) mass is 435 g/mol. The fraction of sp³-hybridized carbons (Fsp3) is 0.385. The molecule has 0 unspecified atom stereocenters. The van der Waals surface area contributed by atoms with E-state index < -0.39 is 5.60 Å². The predicted octanol–water partition coefficient (Wildman–Crippen LogP) is 4.92. The summed E-state index contributed by atoms with van der Waals surface area (Å²) in [6.45, 7) is 6.27. The van der Waals surface area contributed by atoms with Crippen LogP contribution in [0.5, 0.6) is 5.75 Å². The first-order chi connectivity index (χ1) is 15.2. The number of ether oxygens (including phenoxy) is 2. The maximum Gasteiger partial charge on any atom is 0.306 e. The molecule has 1 aromatic heterocycles. The van der Waals surface area contributed by atoms with E-state index in [0.29, 0.717) is 25.8 Å². The highest BCUT2D eigenvalue weighted by Gasteiger charge is 2.19. The standard InChI is InChI=1S/C26H33N3O3/c1-26(2,3)32-24(30)11-8-16-29-18-23(20-12-14-21(31-4)15-13-20)28-25(29)22(27)17-19-9-6-5-7-10-19/h5-7,9-10,12-15,18,22H,8,11,16-17,27H2,1-4H3/t22-/m0/s1. The lowest BCUT2D eigenvalue weighted by Crippen LogP contribution is -2.24.